The molecule has 184 valence electrons. The number of hydrogen-bond acceptors (Lipinski definition) is 5. The van der Waals surface area contributed by atoms with Crippen LogP contribution in [0.2, 0.25) is 0 Å². The van der Waals surface area contributed by atoms with Crippen LogP contribution in [0.5, 0.6) is 0 Å². The van der Waals surface area contributed by atoms with Crippen molar-refractivity contribution in [1.82, 2.24) is 0 Å². The molecule has 0 atom stereocenters. The van der Waals surface area contributed by atoms with Crippen molar-refractivity contribution in [2.75, 3.05) is 4.72 Å². The number of benzene rings is 2. The molecule has 2 aromatic carbocycles. The standard InChI is InChI=1S/C26H32FNO5S/c1-3-15-26(16-4-2)18-24(29)23(25(30)33-26)10-6-8-19-7-5-9-21(17-19)28-34(31,32)22-13-11-20(27)12-14-22/h5,7,9,11-14,17,28-29H,3-4,6,8,10,15-16,18H2,1-2H3. The average molecular weight is 490 g/mol. The molecule has 0 saturated heterocycles. The van der Waals surface area contributed by atoms with E-state index in [1.165, 1.54) is 12.1 Å². The second kappa shape index (κ2) is 11.0. The minimum absolute atomic E-state index is 0.0280. The van der Waals surface area contributed by atoms with E-state index in [1.807, 2.05) is 19.9 Å². The second-order valence-corrected chi connectivity index (χ2v) is 10.5. The molecule has 2 N–H and O–H groups in total. The van der Waals surface area contributed by atoms with Crippen LogP contribution < -0.4 is 4.72 Å². The zero-order valence-corrected chi connectivity index (χ0v) is 20.5. The smallest absolute Gasteiger partial charge is 0.337 e. The molecule has 6 nitrogen and oxygen atoms in total. The molecule has 0 bridgehead atoms. The van der Waals surface area contributed by atoms with Gasteiger partial charge >= 0.3 is 5.97 Å². The fourth-order valence-corrected chi connectivity index (χ4v) is 5.52. The first kappa shape index (κ1) is 25.7. The van der Waals surface area contributed by atoms with Crippen molar-refractivity contribution in [3.05, 3.63) is 71.2 Å². The molecule has 0 unspecified atom stereocenters. The molecule has 8 heteroatoms. The first-order chi connectivity index (χ1) is 16.2. The fourth-order valence-electron chi connectivity index (χ4n) is 4.47. The highest BCUT2D eigenvalue weighted by molar-refractivity contribution is 7.92. The summed E-state index contributed by atoms with van der Waals surface area (Å²) in [4.78, 5) is 12.6. The lowest BCUT2D eigenvalue weighted by Crippen LogP contribution is -2.40. The van der Waals surface area contributed by atoms with Gasteiger partial charge in [0.15, 0.2) is 0 Å². The highest BCUT2D eigenvalue weighted by Crippen LogP contribution is 2.37. The van der Waals surface area contributed by atoms with Gasteiger partial charge in [0, 0.05) is 12.1 Å². The Morgan fingerprint density at radius 3 is 2.35 bits per heavy atom. The summed E-state index contributed by atoms with van der Waals surface area (Å²) in [6, 6.07) is 11.6. The Morgan fingerprint density at radius 2 is 1.74 bits per heavy atom. The van der Waals surface area contributed by atoms with Crippen molar-refractivity contribution >= 4 is 21.7 Å². The number of rotatable bonds is 11. The molecule has 34 heavy (non-hydrogen) atoms. The minimum Gasteiger partial charge on any atom is -0.512 e. The van der Waals surface area contributed by atoms with E-state index in [0.29, 0.717) is 36.9 Å². The predicted molar refractivity (Wildman–Crippen MR) is 129 cm³/mol. The van der Waals surface area contributed by atoms with E-state index in [4.69, 9.17) is 4.74 Å². The lowest BCUT2D eigenvalue weighted by molar-refractivity contribution is -0.161. The molecule has 3 rings (SSSR count). The van der Waals surface area contributed by atoms with Crippen LogP contribution in [0.25, 0.3) is 0 Å². The SMILES string of the molecule is CCCC1(CCC)CC(O)=C(CCCc2cccc(NS(=O)(=O)c3ccc(F)cc3)c2)C(=O)O1. The Morgan fingerprint density at radius 1 is 1.06 bits per heavy atom. The van der Waals surface area contributed by atoms with Crippen molar-refractivity contribution in [3.63, 3.8) is 0 Å². The van der Waals surface area contributed by atoms with Crippen LogP contribution in [0.15, 0.2) is 64.8 Å². The summed E-state index contributed by atoms with van der Waals surface area (Å²) in [5.74, 6) is -0.823. The molecule has 0 aromatic heterocycles. The summed E-state index contributed by atoms with van der Waals surface area (Å²) >= 11 is 0. The number of cyclic esters (lactones) is 1. The molecule has 1 heterocycles. The third-order valence-electron chi connectivity index (χ3n) is 6.00. The molecule has 0 radical (unpaired) electrons. The summed E-state index contributed by atoms with van der Waals surface area (Å²) in [5, 5.41) is 10.6. The monoisotopic (exact) mass is 489 g/mol. The van der Waals surface area contributed by atoms with Crippen LogP contribution in [0.1, 0.15) is 64.4 Å². The van der Waals surface area contributed by atoms with E-state index in [-0.39, 0.29) is 10.7 Å². The van der Waals surface area contributed by atoms with E-state index in [9.17, 15) is 22.7 Å². The van der Waals surface area contributed by atoms with Gasteiger partial charge in [-0.2, -0.15) is 0 Å². The number of aliphatic hydroxyl groups excluding tert-OH is 1. The van der Waals surface area contributed by atoms with E-state index >= 15 is 0 Å². The number of ether oxygens (including phenoxy) is 1. The van der Waals surface area contributed by atoms with Crippen LogP contribution in [0.3, 0.4) is 0 Å². The van der Waals surface area contributed by atoms with E-state index in [0.717, 1.165) is 43.4 Å². The quantitative estimate of drug-likeness (QED) is 0.375. The first-order valence-electron chi connectivity index (χ1n) is 11.7. The summed E-state index contributed by atoms with van der Waals surface area (Å²) in [6.07, 6.45) is 5.12. The third-order valence-corrected chi connectivity index (χ3v) is 7.40. The Hall–Kier alpha value is -2.87. The number of aryl methyl sites for hydroxylation is 1. The number of nitrogens with one attached hydrogen (secondary N) is 1. The molecule has 1 aliphatic heterocycles. The molecule has 0 fully saturated rings. The van der Waals surface area contributed by atoms with Gasteiger partial charge in [-0.05, 0) is 74.1 Å². The van der Waals surface area contributed by atoms with E-state index < -0.39 is 27.4 Å². The Labute approximate surface area is 200 Å². The molecule has 0 spiro atoms. The highest BCUT2D eigenvalue weighted by Gasteiger charge is 2.40. The van der Waals surface area contributed by atoms with Crippen molar-refractivity contribution in [3.8, 4) is 0 Å². The van der Waals surface area contributed by atoms with Gasteiger partial charge in [-0.25, -0.2) is 17.6 Å². The van der Waals surface area contributed by atoms with Gasteiger partial charge < -0.3 is 9.84 Å². The summed E-state index contributed by atoms with van der Waals surface area (Å²) < 4.78 is 46.5. The topological polar surface area (TPSA) is 92.7 Å². The van der Waals surface area contributed by atoms with Gasteiger partial charge in [0.2, 0.25) is 0 Å². The van der Waals surface area contributed by atoms with Crippen LogP contribution >= 0.6 is 0 Å². The molecule has 0 aliphatic carbocycles. The average Bonchev–Trinajstić information content (AvgIpc) is 2.76. The first-order valence-corrected chi connectivity index (χ1v) is 13.2. The maximum atomic E-state index is 13.1. The molecule has 0 saturated carbocycles. The summed E-state index contributed by atoms with van der Waals surface area (Å²) in [7, 11) is -3.84. The lowest BCUT2D eigenvalue weighted by Gasteiger charge is -2.37. The second-order valence-electron chi connectivity index (χ2n) is 8.79. The third kappa shape index (κ3) is 6.38. The lowest BCUT2D eigenvalue weighted by atomic mass is 9.84. The van der Waals surface area contributed by atoms with E-state index in [2.05, 4.69) is 4.72 Å². The van der Waals surface area contributed by atoms with Crippen molar-refractivity contribution in [1.29, 1.82) is 0 Å². The number of anilines is 1. The predicted octanol–water partition coefficient (Wildman–Crippen LogP) is 6.05. The molecular weight excluding hydrogens is 457 g/mol. The number of carbonyl (C=O) groups is 1. The van der Waals surface area contributed by atoms with Gasteiger partial charge in [0.05, 0.1) is 10.5 Å². The zero-order chi connectivity index (χ0) is 24.8. The Kier molecular flexibility index (Phi) is 8.36. The maximum Gasteiger partial charge on any atom is 0.337 e. The molecule has 1 aliphatic rings. The normalized spacial score (nSPS) is 15.8. The fraction of sp³-hybridized carbons (Fsp3) is 0.423. The van der Waals surface area contributed by atoms with Crippen LogP contribution in [-0.4, -0.2) is 25.1 Å². The van der Waals surface area contributed by atoms with Crippen molar-refractivity contribution in [2.24, 2.45) is 0 Å². The molecule has 2 aromatic rings. The molecular formula is C26H32FNO5S. The van der Waals surface area contributed by atoms with Gasteiger partial charge in [-0.3, -0.25) is 4.72 Å². The van der Waals surface area contributed by atoms with Gasteiger partial charge in [0.1, 0.15) is 17.2 Å². The largest absolute Gasteiger partial charge is 0.512 e. The van der Waals surface area contributed by atoms with Gasteiger partial charge in [0.25, 0.3) is 10.0 Å². The van der Waals surface area contributed by atoms with Crippen molar-refractivity contribution in [2.45, 2.75) is 75.7 Å². The Balaban J connectivity index is 1.63. The summed E-state index contributed by atoms with van der Waals surface area (Å²) in [5.41, 5.74) is 1.00. The number of esters is 1. The summed E-state index contributed by atoms with van der Waals surface area (Å²) in [6.45, 7) is 4.07. The van der Waals surface area contributed by atoms with Crippen molar-refractivity contribution < 1.29 is 27.4 Å². The number of sulfonamides is 1. The van der Waals surface area contributed by atoms with Gasteiger partial charge in [-0.1, -0.05) is 38.8 Å². The van der Waals surface area contributed by atoms with Crippen LogP contribution in [0, 0.1) is 5.82 Å². The highest BCUT2D eigenvalue weighted by atomic mass is 32.2. The number of hydrogen-bond donors (Lipinski definition) is 2. The number of halogens is 1. The van der Waals surface area contributed by atoms with Crippen LogP contribution in [0.4, 0.5) is 10.1 Å². The maximum absolute atomic E-state index is 13.1. The number of aliphatic hydroxyl groups is 1. The number of carbonyl (C=O) groups excluding carboxylic acids is 1. The zero-order valence-electron chi connectivity index (χ0n) is 19.6. The van der Waals surface area contributed by atoms with Gasteiger partial charge in [-0.15, -0.1) is 0 Å². The minimum atomic E-state index is -3.84. The Bertz CT molecular complexity index is 1140. The molecule has 0 amide bonds. The van der Waals surface area contributed by atoms with E-state index in [1.54, 1.807) is 18.2 Å². The van der Waals surface area contributed by atoms with Crippen LogP contribution in [-0.2, 0) is 26.0 Å².